The molecule has 3 N–H and O–H groups in total. The van der Waals surface area contributed by atoms with E-state index in [1.54, 1.807) is 0 Å². The van der Waals surface area contributed by atoms with Crippen molar-refractivity contribution < 1.29 is 0 Å². The molecule has 0 aliphatic rings. The monoisotopic (exact) mass is 208 g/mol. The van der Waals surface area contributed by atoms with Gasteiger partial charge in [-0.25, -0.2) is 4.99 Å². The van der Waals surface area contributed by atoms with E-state index in [-0.39, 0.29) is 0 Å². The third-order valence-electron chi connectivity index (χ3n) is 2.47. The summed E-state index contributed by atoms with van der Waals surface area (Å²) in [6.45, 7) is 4.83. The van der Waals surface area contributed by atoms with Crippen LogP contribution in [0, 0.1) is 0 Å². The molecule has 1 unspecified atom stereocenters. The average Bonchev–Trinajstić information content (AvgIpc) is 2.61. The van der Waals surface area contributed by atoms with Crippen LogP contribution in [0.4, 0.5) is 0 Å². The van der Waals surface area contributed by atoms with Crippen molar-refractivity contribution in [2.75, 3.05) is 0 Å². The molecule has 1 aromatic rings. The number of hydrogen-bond acceptors (Lipinski definition) is 1. The van der Waals surface area contributed by atoms with Crippen LogP contribution in [0.25, 0.3) is 0 Å². The minimum Gasteiger partial charge on any atom is -0.370 e. The Kier molecular flexibility index (Phi) is 4.21. The van der Waals surface area contributed by atoms with E-state index in [9.17, 15) is 0 Å². The number of aromatic nitrogens is 1. The maximum atomic E-state index is 5.75. The smallest absolute Gasteiger partial charge is 0.189 e. The molecule has 84 valence electrons. The lowest BCUT2D eigenvalue weighted by atomic mass is 10.3. The van der Waals surface area contributed by atoms with Crippen molar-refractivity contribution in [3.8, 4) is 0 Å². The predicted molar refractivity (Wildman–Crippen MR) is 63.6 cm³/mol. The van der Waals surface area contributed by atoms with Gasteiger partial charge in [-0.2, -0.15) is 0 Å². The quantitative estimate of drug-likeness (QED) is 0.577. The topological polar surface area (TPSA) is 55.3 Å². The molecule has 1 atom stereocenters. The molecule has 0 fully saturated rings. The van der Waals surface area contributed by atoms with Gasteiger partial charge in [-0.05, 0) is 25.5 Å². The molecule has 0 saturated heterocycles. The number of aliphatic imine (C=N–C) groups is 1. The lowest BCUT2D eigenvalue weighted by molar-refractivity contribution is 0.636. The summed E-state index contributed by atoms with van der Waals surface area (Å²) in [5.41, 5.74) is 6.90. The van der Waals surface area contributed by atoms with E-state index in [0.717, 1.165) is 12.1 Å². The van der Waals surface area contributed by atoms with Gasteiger partial charge in [0, 0.05) is 25.0 Å². The first-order chi connectivity index (χ1) is 7.13. The molecule has 1 rings (SSSR count). The van der Waals surface area contributed by atoms with Crippen molar-refractivity contribution in [1.82, 2.24) is 9.88 Å². The van der Waals surface area contributed by atoms with E-state index >= 15 is 0 Å². The van der Waals surface area contributed by atoms with Gasteiger partial charge >= 0.3 is 0 Å². The highest BCUT2D eigenvalue weighted by molar-refractivity contribution is 5.78. The van der Waals surface area contributed by atoms with Gasteiger partial charge in [-0.1, -0.05) is 6.92 Å². The van der Waals surface area contributed by atoms with E-state index in [1.807, 2.05) is 29.9 Å². The highest BCUT2D eigenvalue weighted by Gasteiger charge is 1.99. The second-order valence-electron chi connectivity index (χ2n) is 3.77. The second-order valence-corrected chi connectivity index (χ2v) is 3.77. The predicted octanol–water partition coefficient (Wildman–Crippen LogP) is 1.23. The summed E-state index contributed by atoms with van der Waals surface area (Å²) in [6, 6.07) is 4.42. The van der Waals surface area contributed by atoms with E-state index in [4.69, 9.17) is 5.73 Å². The first-order valence-corrected chi connectivity index (χ1v) is 5.30. The first kappa shape index (κ1) is 11.6. The Hall–Kier alpha value is -1.45. The number of nitrogens with two attached hydrogens (primary N) is 1. The zero-order valence-corrected chi connectivity index (χ0v) is 9.70. The Bertz CT molecular complexity index is 327. The van der Waals surface area contributed by atoms with Gasteiger partial charge in [0.1, 0.15) is 0 Å². The molecule has 0 spiro atoms. The van der Waals surface area contributed by atoms with Gasteiger partial charge in [0.15, 0.2) is 5.96 Å². The highest BCUT2D eigenvalue weighted by Crippen LogP contribution is 2.00. The minimum atomic E-state index is 0.377. The fourth-order valence-electron chi connectivity index (χ4n) is 1.23. The molecule has 0 saturated carbocycles. The molecule has 0 bridgehead atoms. The molecule has 1 aromatic heterocycles. The molecular formula is C11H20N4. The van der Waals surface area contributed by atoms with Crippen LogP contribution in [0.1, 0.15) is 26.0 Å². The number of nitrogens with zero attached hydrogens (tertiary/aromatic N) is 2. The van der Waals surface area contributed by atoms with Crippen LogP contribution in [0.2, 0.25) is 0 Å². The van der Waals surface area contributed by atoms with Crippen LogP contribution in [0.5, 0.6) is 0 Å². The summed E-state index contributed by atoms with van der Waals surface area (Å²) in [5.74, 6) is 0.519. The van der Waals surface area contributed by atoms with Crippen molar-refractivity contribution in [1.29, 1.82) is 0 Å². The largest absolute Gasteiger partial charge is 0.370 e. The van der Waals surface area contributed by atoms with Crippen molar-refractivity contribution in [3.05, 3.63) is 24.0 Å². The van der Waals surface area contributed by atoms with E-state index in [1.165, 1.54) is 0 Å². The van der Waals surface area contributed by atoms with Crippen molar-refractivity contribution in [2.24, 2.45) is 17.8 Å². The Labute approximate surface area is 91.2 Å². The summed E-state index contributed by atoms with van der Waals surface area (Å²) in [7, 11) is 2.00. The van der Waals surface area contributed by atoms with Crippen LogP contribution in [-0.2, 0) is 13.6 Å². The Morgan fingerprint density at radius 2 is 2.40 bits per heavy atom. The van der Waals surface area contributed by atoms with Gasteiger partial charge in [0.25, 0.3) is 0 Å². The third kappa shape index (κ3) is 3.65. The molecule has 4 nitrogen and oxygen atoms in total. The fourth-order valence-corrected chi connectivity index (χ4v) is 1.23. The number of aryl methyl sites for hydroxylation is 1. The normalized spacial score (nSPS) is 13.9. The summed E-state index contributed by atoms with van der Waals surface area (Å²) in [6.07, 6.45) is 3.05. The van der Waals surface area contributed by atoms with Crippen molar-refractivity contribution in [2.45, 2.75) is 32.9 Å². The van der Waals surface area contributed by atoms with Crippen molar-refractivity contribution >= 4 is 5.96 Å². The number of hydrogen-bond donors (Lipinski definition) is 2. The third-order valence-corrected chi connectivity index (χ3v) is 2.47. The van der Waals surface area contributed by atoms with Crippen LogP contribution in [0.3, 0.4) is 0 Å². The minimum absolute atomic E-state index is 0.377. The van der Waals surface area contributed by atoms with E-state index in [0.29, 0.717) is 18.5 Å². The van der Waals surface area contributed by atoms with Crippen LogP contribution < -0.4 is 11.1 Å². The van der Waals surface area contributed by atoms with Gasteiger partial charge in [-0.3, -0.25) is 0 Å². The molecular weight excluding hydrogens is 188 g/mol. The van der Waals surface area contributed by atoms with Crippen LogP contribution >= 0.6 is 0 Å². The second kappa shape index (κ2) is 5.44. The molecule has 0 radical (unpaired) electrons. The van der Waals surface area contributed by atoms with Gasteiger partial charge in [-0.15, -0.1) is 0 Å². The highest BCUT2D eigenvalue weighted by atomic mass is 15.1. The Balaban J connectivity index is 2.47. The summed E-state index contributed by atoms with van der Waals surface area (Å²) in [5, 5.41) is 3.13. The summed E-state index contributed by atoms with van der Waals surface area (Å²) >= 11 is 0. The number of rotatable bonds is 4. The van der Waals surface area contributed by atoms with E-state index < -0.39 is 0 Å². The standard InChI is InChI=1S/C11H20N4/c1-4-9(2)14-11(12)13-8-10-6-5-7-15(10)3/h5-7,9H,4,8H2,1-3H3,(H3,12,13,14). The van der Waals surface area contributed by atoms with E-state index in [2.05, 4.69) is 24.2 Å². The maximum absolute atomic E-state index is 5.75. The summed E-state index contributed by atoms with van der Waals surface area (Å²) < 4.78 is 2.04. The van der Waals surface area contributed by atoms with Gasteiger partial charge in [0.05, 0.1) is 6.54 Å². The number of nitrogens with one attached hydrogen (secondary N) is 1. The number of guanidine groups is 1. The van der Waals surface area contributed by atoms with Crippen LogP contribution in [0.15, 0.2) is 23.3 Å². The fraction of sp³-hybridized carbons (Fsp3) is 0.545. The molecule has 4 heteroatoms. The summed E-state index contributed by atoms with van der Waals surface area (Å²) in [4.78, 5) is 4.28. The molecule has 0 aliphatic carbocycles. The lowest BCUT2D eigenvalue weighted by Crippen LogP contribution is -2.38. The molecule has 0 aliphatic heterocycles. The SMILES string of the molecule is CCC(C)NC(N)=NCc1cccn1C. The van der Waals surface area contributed by atoms with Crippen LogP contribution in [-0.4, -0.2) is 16.6 Å². The molecule has 0 aromatic carbocycles. The molecule has 1 heterocycles. The zero-order chi connectivity index (χ0) is 11.3. The molecule has 15 heavy (non-hydrogen) atoms. The maximum Gasteiger partial charge on any atom is 0.189 e. The molecule has 0 amide bonds. The zero-order valence-electron chi connectivity index (χ0n) is 9.70. The van der Waals surface area contributed by atoms with Gasteiger partial charge in [0.2, 0.25) is 0 Å². The lowest BCUT2D eigenvalue weighted by Gasteiger charge is -2.11. The van der Waals surface area contributed by atoms with Gasteiger partial charge < -0.3 is 15.6 Å². The Morgan fingerprint density at radius 3 is 2.93 bits per heavy atom. The Morgan fingerprint density at radius 1 is 1.67 bits per heavy atom. The average molecular weight is 208 g/mol. The van der Waals surface area contributed by atoms with Crippen molar-refractivity contribution in [3.63, 3.8) is 0 Å². The first-order valence-electron chi connectivity index (χ1n) is 5.30.